The molecule has 2 aromatic rings. The lowest BCUT2D eigenvalue weighted by Gasteiger charge is -2.35. The Hall–Kier alpha value is -1.41. The molecular weight excluding hydrogens is 385 g/mol. The molecule has 27 heavy (non-hydrogen) atoms. The molecule has 144 valence electrons. The standard InChI is InChI=1S/C20H22FNO3S2/c1-12-10-20(24,5-6-25-12)14-8-19(26-11-14)27-17-7-13-3-4-18(23)22(2)16(13)9-15(17)21/h7-9,11-12,24H,3-6,10H2,1-2H3. The lowest BCUT2D eigenvalue weighted by atomic mass is 9.86. The molecule has 1 aromatic carbocycles. The average Bonchev–Trinajstić information content (AvgIpc) is 3.09. The number of nitrogens with zero attached hydrogens (tertiary/aromatic N) is 1. The van der Waals surface area contributed by atoms with E-state index in [0.717, 1.165) is 15.3 Å². The van der Waals surface area contributed by atoms with Crippen LogP contribution in [0.1, 0.15) is 37.3 Å². The molecular formula is C20H22FNO3S2. The molecule has 1 N–H and O–H groups in total. The molecule has 3 heterocycles. The Kier molecular flexibility index (Phi) is 5.05. The average molecular weight is 408 g/mol. The third-order valence-electron chi connectivity index (χ3n) is 5.34. The number of carbonyl (C=O) groups excluding carboxylic acids is 1. The molecule has 7 heteroatoms. The Morgan fingerprint density at radius 1 is 1.37 bits per heavy atom. The summed E-state index contributed by atoms with van der Waals surface area (Å²) in [7, 11) is 1.69. The number of rotatable bonds is 3. The molecule has 0 saturated carbocycles. The summed E-state index contributed by atoms with van der Waals surface area (Å²) in [6, 6.07) is 5.27. The van der Waals surface area contributed by atoms with Crippen molar-refractivity contribution in [1.29, 1.82) is 0 Å². The summed E-state index contributed by atoms with van der Waals surface area (Å²) in [6.07, 6.45) is 2.26. The number of hydrogen-bond donors (Lipinski definition) is 1. The first kappa shape index (κ1) is 18.9. The Labute approximate surface area is 166 Å². The van der Waals surface area contributed by atoms with Crippen LogP contribution in [-0.2, 0) is 21.6 Å². The summed E-state index contributed by atoms with van der Waals surface area (Å²) in [5.74, 6) is -0.308. The predicted molar refractivity (Wildman–Crippen MR) is 105 cm³/mol. The molecule has 1 fully saturated rings. The molecule has 0 aliphatic carbocycles. The fourth-order valence-corrected chi connectivity index (χ4v) is 5.86. The SMILES string of the molecule is CC1CC(O)(c2csc(Sc3cc4c(cc3F)N(C)C(=O)CC4)c2)CCO1. The van der Waals surface area contributed by atoms with Crippen LogP contribution in [0.3, 0.4) is 0 Å². The molecule has 0 bridgehead atoms. The number of benzene rings is 1. The minimum atomic E-state index is -0.871. The van der Waals surface area contributed by atoms with Crippen molar-refractivity contribution in [1.82, 2.24) is 0 Å². The maximum atomic E-state index is 14.6. The normalized spacial score (nSPS) is 25.6. The topological polar surface area (TPSA) is 49.8 Å². The number of carbonyl (C=O) groups is 1. The first-order chi connectivity index (χ1) is 12.9. The van der Waals surface area contributed by atoms with E-state index in [1.54, 1.807) is 7.05 Å². The summed E-state index contributed by atoms with van der Waals surface area (Å²) in [5, 5.41) is 12.9. The van der Waals surface area contributed by atoms with E-state index in [9.17, 15) is 14.3 Å². The first-order valence-corrected chi connectivity index (χ1v) is 10.8. The van der Waals surface area contributed by atoms with Crippen LogP contribution in [0.4, 0.5) is 10.1 Å². The van der Waals surface area contributed by atoms with E-state index in [2.05, 4.69) is 0 Å². The fourth-order valence-electron chi connectivity index (χ4n) is 3.77. The zero-order chi connectivity index (χ0) is 19.2. The highest BCUT2D eigenvalue weighted by molar-refractivity contribution is 8.01. The van der Waals surface area contributed by atoms with Crippen LogP contribution in [0, 0.1) is 5.82 Å². The van der Waals surface area contributed by atoms with Gasteiger partial charge in [0.1, 0.15) is 5.82 Å². The van der Waals surface area contributed by atoms with E-state index in [1.165, 1.54) is 34.1 Å². The number of halogens is 1. The number of thiophene rings is 1. The van der Waals surface area contributed by atoms with E-state index < -0.39 is 5.60 Å². The summed E-state index contributed by atoms with van der Waals surface area (Å²) >= 11 is 2.89. The van der Waals surface area contributed by atoms with Crippen molar-refractivity contribution in [2.75, 3.05) is 18.6 Å². The molecule has 4 rings (SSSR count). The van der Waals surface area contributed by atoms with Gasteiger partial charge in [0.25, 0.3) is 0 Å². The van der Waals surface area contributed by atoms with Crippen molar-refractivity contribution in [3.63, 3.8) is 0 Å². The van der Waals surface area contributed by atoms with Crippen LogP contribution in [-0.4, -0.2) is 30.8 Å². The highest BCUT2D eigenvalue weighted by atomic mass is 32.2. The predicted octanol–water partition coefficient (Wildman–Crippen LogP) is 4.33. The molecule has 2 atom stereocenters. The van der Waals surface area contributed by atoms with Crippen molar-refractivity contribution in [3.8, 4) is 0 Å². The fraction of sp³-hybridized carbons (Fsp3) is 0.450. The van der Waals surface area contributed by atoms with Gasteiger partial charge in [-0.05, 0) is 48.1 Å². The molecule has 2 aliphatic heterocycles. The first-order valence-electron chi connectivity index (χ1n) is 9.05. The molecule has 0 radical (unpaired) electrons. The van der Waals surface area contributed by atoms with Gasteiger partial charge >= 0.3 is 0 Å². The second-order valence-electron chi connectivity index (χ2n) is 7.29. The van der Waals surface area contributed by atoms with Gasteiger partial charge in [0.15, 0.2) is 0 Å². The lowest BCUT2D eigenvalue weighted by molar-refractivity contribution is -0.118. The Balaban J connectivity index is 1.57. The van der Waals surface area contributed by atoms with Gasteiger partial charge in [0, 0.05) is 36.9 Å². The largest absolute Gasteiger partial charge is 0.385 e. The summed E-state index contributed by atoms with van der Waals surface area (Å²) < 4.78 is 21.1. The second-order valence-corrected chi connectivity index (χ2v) is 9.54. The van der Waals surface area contributed by atoms with Gasteiger partial charge < -0.3 is 14.7 Å². The van der Waals surface area contributed by atoms with Gasteiger partial charge in [-0.2, -0.15) is 0 Å². The lowest BCUT2D eigenvalue weighted by Crippen LogP contribution is -2.37. The van der Waals surface area contributed by atoms with Gasteiger partial charge in [-0.3, -0.25) is 4.79 Å². The molecule has 1 saturated heterocycles. The Bertz CT molecular complexity index is 884. The number of hydrogen-bond acceptors (Lipinski definition) is 5. The zero-order valence-electron chi connectivity index (χ0n) is 15.3. The maximum absolute atomic E-state index is 14.6. The third kappa shape index (κ3) is 3.66. The monoisotopic (exact) mass is 407 g/mol. The van der Waals surface area contributed by atoms with E-state index in [1.807, 2.05) is 24.4 Å². The molecule has 2 aliphatic rings. The summed E-state index contributed by atoms with van der Waals surface area (Å²) in [5.41, 5.74) is 1.67. The van der Waals surface area contributed by atoms with Crippen LogP contribution in [0.15, 0.2) is 32.7 Å². The quantitative estimate of drug-likeness (QED) is 0.823. The highest BCUT2D eigenvalue weighted by Gasteiger charge is 2.36. The van der Waals surface area contributed by atoms with E-state index >= 15 is 0 Å². The number of fused-ring (bicyclic) bond motifs is 1. The van der Waals surface area contributed by atoms with Crippen LogP contribution >= 0.6 is 23.1 Å². The van der Waals surface area contributed by atoms with Crippen molar-refractivity contribution < 1.29 is 19.0 Å². The van der Waals surface area contributed by atoms with Crippen molar-refractivity contribution in [2.24, 2.45) is 0 Å². The molecule has 4 nitrogen and oxygen atoms in total. The Morgan fingerprint density at radius 2 is 2.19 bits per heavy atom. The number of amides is 1. The van der Waals surface area contributed by atoms with Crippen molar-refractivity contribution >= 4 is 34.7 Å². The van der Waals surface area contributed by atoms with Gasteiger partial charge in [-0.25, -0.2) is 4.39 Å². The van der Waals surface area contributed by atoms with E-state index in [0.29, 0.717) is 42.9 Å². The van der Waals surface area contributed by atoms with Gasteiger partial charge in [0.2, 0.25) is 5.91 Å². The van der Waals surface area contributed by atoms with Crippen molar-refractivity contribution in [2.45, 2.75) is 53.4 Å². The highest BCUT2D eigenvalue weighted by Crippen LogP contribution is 2.42. The minimum absolute atomic E-state index is 0.0177. The van der Waals surface area contributed by atoms with Crippen LogP contribution in [0.5, 0.6) is 0 Å². The van der Waals surface area contributed by atoms with Crippen LogP contribution in [0.2, 0.25) is 0 Å². The third-order valence-corrected chi connectivity index (χ3v) is 7.46. The number of aryl methyl sites for hydroxylation is 1. The number of aliphatic hydroxyl groups is 1. The summed E-state index contributed by atoms with van der Waals surface area (Å²) in [6.45, 7) is 2.51. The molecule has 1 amide bonds. The Morgan fingerprint density at radius 3 is 2.96 bits per heavy atom. The van der Waals surface area contributed by atoms with Crippen LogP contribution in [0.25, 0.3) is 0 Å². The summed E-state index contributed by atoms with van der Waals surface area (Å²) in [4.78, 5) is 13.9. The number of anilines is 1. The van der Waals surface area contributed by atoms with Crippen LogP contribution < -0.4 is 4.90 Å². The van der Waals surface area contributed by atoms with E-state index in [4.69, 9.17) is 4.74 Å². The maximum Gasteiger partial charge on any atom is 0.227 e. The van der Waals surface area contributed by atoms with Gasteiger partial charge in [-0.15, -0.1) is 11.3 Å². The van der Waals surface area contributed by atoms with Gasteiger partial charge in [0.05, 0.1) is 22.5 Å². The van der Waals surface area contributed by atoms with Crippen molar-refractivity contribution in [3.05, 3.63) is 40.5 Å². The smallest absolute Gasteiger partial charge is 0.227 e. The number of ether oxygens (including phenoxy) is 1. The molecule has 1 aromatic heterocycles. The second kappa shape index (κ2) is 7.20. The molecule has 0 spiro atoms. The minimum Gasteiger partial charge on any atom is -0.385 e. The van der Waals surface area contributed by atoms with E-state index in [-0.39, 0.29) is 17.8 Å². The zero-order valence-corrected chi connectivity index (χ0v) is 17.0. The molecule has 2 unspecified atom stereocenters. The van der Waals surface area contributed by atoms with Gasteiger partial charge in [-0.1, -0.05) is 11.8 Å².